The Morgan fingerprint density at radius 3 is 2.43 bits per heavy atom. The first-order valence-corrected chi connectivity index (χ1v) is 9.71. The molecule has 1 N–H and O–H groups in total. The summed E-state index contributed by atoms with van der Waals surface area (Å²) < 4.78 is 6.53. The number of Topliss-reactive ketones (excluding diaryl/α,β-unsaturated/α-hetero) is 1. The molecule has 0 bridgehead atoms. The fraction of sp³-hybridized carbons (Fsp3) is 0.130. The van der Waals surface area contributed by atoms with Gasteiger partial charge < -0.3 is 10.1 Å². The molecule has 3 aromatic rings. The molecule has 0 saturated carbocycles. The zero-order valence-corrected chi connectivity index (χ0v) is 17.0. The second-order valence-corrected chi connectivity index (χ2v) is 7.17. The summed E-state index contributed by atoms with van der Waals surface area (Å²) in [7, 11) is 0. The van der Waals surface area contributed by atoms with Gasteiger partial charge in [0.1, 0.15) is 5.75 Å². The largest absolute Gasteiger partial charge is 0.492 e. The van der Waals surface area contributed by atoms with Gasteiger partial charge >= 0.3 is 0 Å². The number of hydrogen-bond donors (Lipinski definition) is 1. The van der Waals surface area contributed by atoms with Crippen molar-refractivity contribution in [2.75, 3.05) is 11.9 Å². The third-order valence-electron chi connectivity index (χ3n) is 4.21. The van der Waals surface area contributed by atoms with Crippen LogP contribution in [0.1, 0.15) is 33.2 Å². The van der Waals surface area contributed by atoms with E-state index in [1.807, 2.05) is 18.2 Å². The van der Waals surface area contributed by atoms with E-state index in [0.29, 0.717) is 33.6 Å². The lowest BCUT2D eigenvalue weighted by Crippen LogP contribution is -2.12. The smallest absolute Gasteiger partial charge is 0.255 e. The molecule has 0 fully saturated rings. The maximum absolute atomic E-state index is 12.5. The van der Waals surface area contributed by atoms with Crippen molar-refractivity contribution in [2.45, 2.75) is 13.3 Å². The topological polar surface area (TPSA) is 55.4 Å². The summed E-state index contributed by atoms with van der Waals surface area (Å²) in [6.45, 7) is 2.04. The number of ketones is 1. The van der Waals surface area contributed by atoms with Gasteiger partial charge in [-0.15, -0.1) is 0 Å². The van der Waals surface area contributed by atoms with Crippen LogP contribution in [-0.4, -0.2) is 18.3 Å². The first-order chi connectivity index (χ1) is 13.5. The van der Waals surface area contributed by atoms with Crippen molar-refractivity contribution in [3.63, 3.8) is 0 Å². The van der Waals surface area contributed by atoms with E-state index in [-0.39, 0.29) is 11.7 Å². The van der Waals surface area contributed by atoms with Crippen LogP contribution in [0.4, 0.5) is 5.69 Å². The molecule has 0 heterocycles. The fourth-order valence-electron chi connectivity index (χ4n) is 2.70. The number of carbonyl (C=O) groups is 2. The molecule has 1 amide bonds. The lowest BCUT2D eigenvalue weighted by molar-refractivity contribution is 0.101. The fourth-order valence-corrected chi connectivity index (χ4v) is 3.20. The Morgan fingerprint density at radius 2 is 1.71 bits per heavy atom. The molecule has 4 nitrogen and oxygen atoms in total. The second kappa shape index (κ2) is 9.33. The van der Waals surface area contributed by atoms with Gasteiger partial charge in [0.2, 0.25) is 0 Å². The highest BCUT2D eigenvalue weighted by molar-refractivity contribution is 9.10. The Balaban J connectivity index is 1.62. The number of hydrogen-bond acceptors (Lipinski definition) is 3. The zero-order valence-electron chi connectivity index (χ0n) is 15.4. The van der Waals surface area contributed by atoms with Gasteiger partial charge in [-0.25, -0.2) is 0 Å². The van der Waals surface area contributed by atoms with Crippen molar-refractivity contribution in [2.24, 2.45) is 0 Å². The van der Waals surface area contributed by atoms with Crippen LogP contribution in [0.15, 0.2) is 77.3 Å². The van der Waals surface area contributed by atoms with Crippen molar-refractivity contribution in [1.82, 2.24) is 0 Å². The van der Waals surface area contributed by atoms with Crippen LogP contribution in [0, 0.1) is 0 Å². The van der Waals surface area contributed by atoms with Gasteiger partial charge in [0.15, 0.2) is 5.78 Å². The van der Waals surface area contributed by atoms with Crippen LogP contribution in [0.3, 0.4) is 0 Å². The average molecular weight is 438 g/mol. The van der Waals surface area contributed by atoms with E-state index in [1.54, 1.807) is 42.5 Å². The normalized spacial score (nSPS) is 10.4. The van der Waals surface area contributed by atoms with Crippen LogP contribution in [0.25, 0.3) is 0 Å². The lowest BCUT2D eigenvalue weighted by Gasteiger charge is -2.11. The molecule has 28 heavy (non-hydrogen) atoms. The molecule has 0 saturated heterocycles. The molecule has 0 atom stereocenters. The second-order valence-electron chi connectivity index (χ2n) is 6.32. The third kappa shape index (κ3) is 5.30. The highest BCUT2D eigenvalue weighted by Crippen LogP contribution is 2.26. The summed E-state index contributed by atoms with van der Waals surface area (Å²) in [5.74, 6) is 0.388. The van der Waals surface area contributed by atoms with E-state index in [4.69, 9.17) is 4.74 Å². The van der Waals surface area contributed by atoms with Crippen LogP contribution in [-0.2, 0) is 6.42 Å². The van der Waals surface area contributed by atoms with Gasteiger partial charge in [0, 0.05) is 23.2 Å². The minimum Gasteiger partial charge on any atom is -0.492 e. The Kier molecular flexibility index (Phi) is 6.61. The quantitative estimate of drug-likeness (QED) is 0.494. The summed E-state index contributed by atoms with van der Waals surface area (Å²) in [4.78, 5) is 24.0. The summed E-state index contributed by atoms with van der Waals surface area (Å²) >= 11 is 3.47. The van der Waals surface area contributed by atoms with Gasteiger partial charge in [-0.1, -0.05) is 42.5 Å². The molecular weight excluding hydrogens is 418 g/mol. The molecular formula is C23H20BrNO3. The number of amides is 1. The zero-order chi connectivity index (χ0) is 19.9. The monoisotopic (exact) mass is 437 g/mol. The molecule has 0 spiro atoms. The van der Waals surface area contributed by atoms with E-state index < -0.39 is 0 Å². The molecule has 0 aromatic heterocycles. The van der Waals surface area contributed by atoms with Crippen LogP contribution < -0.4 is 10.1 Å². The highest BCUT2D eigenvalue weighted by atomic mass is 79.9. The Bertz CT molecular complexity index is 986. The van der Waals surface area contributed by atoms with Crippen molar-refractivity contribution in [3.05, 3.63) is 94.0 Å². The Hall–Kier alpha value is -2.92. The first kappa shape index (κ1) is 19.8. The number of carbonyl (C=O) groups excluding carboxylic acids is 2. The van der Waals surface area contributed by atoms with Crippen LogP contribution in [0.2, 0.25) is 0 Å². The molecule has 142 valence electrons. The molecule has 3 aromatic carbocycles. The summed E-state index contributed by atoms with van der Waals surface area (Å²) in [6, 6.07) is 22.2. The Morgan fingerprint density at radius 1 is 0.929 bits per heavy atom. The first-order valence-electron chi connectivity index (χ1n) is 8.91. The van der Waals surface area contributed by atoms with Gasteiger partial charge in [0.25, 0.3) is 5.91 Å². The van der Waals surface area contributed by atoms with Gasteiger partial charge in [-0.2, -0.15) is 0 Å². The van der Waals surface area contributed by atoms with Crippen molar-refractivity contribution >= 4 is 33.3 Å². The predicted octanol–water partition coefficient (Wildman–Crippen LogP) is 5.53. The number of nitrogens with one attached hydrogen (secondary N) is 1. The summed E-state index contributed by atoms with van der Waals surface area (Å²) in [5.41, 5.74) is 2.84. The number of halogens is 1. The van der Waals surface area contributed by atoms with E-state index in [1.165, 1.54) is 12.5 Å². The van der Waals surface area contributed by atoms with E-state index in [2.05, 4.69) is 33.4 Å². The van der Waals surface area contributed by atoms with Gasteiger partial charge in [0.05, 0.1) is 11.1 Å². The SMILES string of the molecule is CC(=O)c1cccc(NC(=O)c2ccc(OCCc3ccccc3)c(Br)c2)c1. The molecule has 0 unspecified atom stereocenters. The number of rotatable bonds is 7. The molecule has 3 rings (SSSR count). The number of benzene rings is 3. The minimum atomic E-state index is -0.253. The molecule has 0 radical (unpaired) electrons. The third-order valence-corrected chi connectivity index (χ3v) is 4.83. The Labute approximate surface area is 172 Å². The van der Waals surface area contributed by atoms with Crippen LogP contribution in [0.5, 0.6) is 5.75 Å². The van der Waals surface area contributed by atoms with Crippen molar-refractivity contribution < 1.29 is 14.3 Å². The summed E-state index contributed by atoms with van der Waals surface area (Å²) in [6.07, 6.45) is 0.808. The number of ether oxygens (including phenoxy) is 1. The molecule has 0 aliphatic rings. The molecule has 0 aliphatic heterocycles. The lowest BCUT2D eigenvalue weighted by atomic mass is 10.1. The van der Waals surface area contributed by atoms with Gasteiger partial charge in [-0.05, 0) is 58.7 Å². The maximum Gasteiger partial charge on any atom is 0.255 e. The predicted molar refractivity (Wildman–Crippen MR) is 114 cm³/mol. The average Bonchev–Trinajstić information content (AvgIpc) is 2.70. The van der Waals surface area contributed by atoms with E-state index in [0.717, 1.165) is 6.42 Å². The van der Waals surface area contributed by atoms with Crippen molar-refractivity contribution in [3.8, 4) is 5.75 Å². The molecule has 5 heteroatoms. The van der Waals surface area contributed by atoms with E-state index >= 15 is 0 Å². The maximum atomic E-state index is 12.5. The molecule has 0 aliphatic carbocycles. The van der Waals surface area contributed by atoms with Gasteiger partial charge in [-0.3, -0.25) is 9.59 Å². The standard InChI is InChI=1S/C23H20BrNO3/c1-16(26)18-8-5-9-20(14-18)25-23(27)19-10-11-22(21(24)15-19)28-13-12-17-6-3-2-4-7-17/h2-11,14-15H,12-13H2,1H3,(H,25,27). The van der Waals surface area contributed by atoms with E-state index in [9.17, 15) is 9.59 Å². The number of anilines is 1. The van der Waals surface area contributed by atoms with Crippen LogP contribution >= 0.6 is 15.9 Å². The summed E-state index contributed by atoms with van der Waals surface area (Å²) in [5, 5.41) is 2.81. The highest BCUT2D eigenvalue weighted by Gasteiger charge is 2.11. The van der Waals surface area contributed by atoms with Crippen molar-refractivity contribution in [1.29, 1.82) is 0 Å². The minimum absolute atomic E-state index is 0.0455.